The maximum atomic E-state index is 15.0. The predicted molar refractivity (Wildman–Crippen MR) is 216 cm³/mol. The molecule has 2 fully saturated rings. The number of unbranched alkanes of at least 4 members (excludes halogenated alkanes) is 1. The highest BCUT2D eigenvalue weighted by molar-refractivity contribution is 6.71. The Bertz CT molecular complexity index is 1940. The number of benzene rings is 3. The molecule has 300 valence electrons. The highest BCUT2D eigenvalue weighted by atomic mass is 28.4. The lowest BCUT2D eigenvalue weighted by Crippen LogP contribution is -2.49. The molecule has 0 bridgehead atoms. The Morgan fingerprint density at radius 1 is 1.04 bits per heavy atom. The molecule has 56 heavy (non-hydrogen) atoms. The smallest absolute Gasteiger partial charge is 0.264 e. The van der Waals surface area contributed by atoms with Crippen LogP contribution in [0.4, 0.5) is 17.1 Å². The maximum Gasteiger partial charge on any atom is 0.264 e. The molecule has 0 radical (unpaired) electrons. The van der Waals surface area contributed by atoms with Crippen molar-refractivity contribution in [1.29, 1.82) is 0 Å². The minimum atomic E-state index is -2.99. The van der Waals surface area contributed by atoms with E-state index in [4.69, 9.17) is 9.47 Å². The van der Waals surface area contributed by atoms with Gasteiger partial charge in [-0.2, -0.15) is 0 Å². The van der Waals surface area contributed by atoms with E-state index >= 15 is 4.79 Å². The lowest BCUT2D eigenvalue weighted by Gasteiger charge is -2.35. The second kappa shape index (κ2) is 16.4. The summed E-state index contributed by atoms with van der Waals surface area (Å²) in [5.41, 5.74) is 2.89. The molecule has 1 unspecified atom stereocenters. The third-order valence-electron chi connectivity index (χ3n) is 12.2. The summed E-state index contributed by atoms with van der Waals surface area (Å²) in [6, 6.07) is 20.4. The summed E-state index contributed by atoms with van der Waals surface area (Å²) >= 11 is 0. The van der Waals surface area contributed by atoms with E-state index in [2.05, 4.69) is 5.32 Å². The Balaban J connectivity index is 1.19. The second-order valence-corrected chi connectivity index (χ2v) is 20.2. The highest BCUT2D eigenvalue weighted by Gasteiger charge is 2.66. The van der Waals surface area contributed by atoms with E-state index in [0.29, 0.717) is 43.9 Å². The summed E-state index contributed by atoms with van der Waals surface area (Å²) in [6.07, 6.45) is 2.82. The molecule has 0 aliphatic carbocycles. The van der Waals surface area contributed by atoms with Crippen LogP contribution >= 0.6 is 0 Å². The van der Waals surface area contributed by atoms with Gasteiger partial charge in [-0.3, -0.25) is 19.3 Å². The van der Waals surface area contributed by atoms with Crippen LogP contribution in [0.3, 0.4) is 0 Å². The van der Waals surface area contributed by atoms with E-state index in [1.165, 1.54) is 0 Å². The Labute approximate surface area is 330 Å². The molecule has 6 atom stereocenters. The first-order valence-corrected chi connectivity index (χ1v) is 23.2. The topological polar surface area (TPSA) is 152 Å². The molecular formula is C43H56N4O8Si. The number of likely N-dealkylation sites (tertiary alicyclic amines) is 1. The number of hydrogen-bond acceptors (Lipinski definition) is 9. The molecule has 1 spiro atoms. The van der Waals surface area contributed by atoms with Gasteiger partial charge in [-0.15, -0.1) is 0 Å². The summed E-state index contributed by atoms with van der Waals surface area (Å²) in [5, 5.41) is 22.6. The second-order valence-electron chi connectivity index (χ2n) is 16.2. The summed E-state index contributed by atoms with van der Waals surface area (Å²) < 4.78 is 12.7. The van der Waals surface area contributed by atoms with Crippen molar-refractivity contribution >= 4 is 43.1 Å². The lowest BCUT2D eigenvalue weighted by molar-refractivity contribution is -0.150. The number of amides is 3. The van der Waals surface area contributed by atoms with Crippen LogP contribution in [-0.2, 0) is 37.7 Å². The fourth-order valence-corrected chi connectivity index (χ4v) is 12.3. The number of aliphatic hydroxyl groups is 2. The minimum Gasteiger partial charge on any atom is -0.494 e. The molecule has 3 amide bonds. The maximum absolute atomic E-state index is 15.0. The molecule has 13 heteroatoms. The molecular weight excluding hydrogens is 729 g/mol. The molecule has 2 saturated heterocycles. The summed E-state index contributed by atoms with van der Waals surface area (Å²) in [4.78, 5) is 59.9. The largest absolute Gasteiger partial charge is 0.494 e. The van der Waals surface area contributed by atoms with Crippen molar-refractivity contribution in [3.63, 3.8) is 0 Å². The number of para-hydroxylation sites is 1. The number of ether oxygens (including phenoxy) is 2. The molecule has 3 aromatic carbocycles. The lowest BCUT2D eigenvalue weighted by atomic mass is 9.82. The van der Waals surface area contributed by atoms with Crippen LogP contribution in [0.2, 0.25) is 18.6 Å². The molecule has 12 nitrogen and oxygen atoms in total. The summed E-state index contributed by atoms with van der Waals surface area (Å²) in [7, 11) is -2.99. The van der Waals surface area contributed by atoms with E-state index in [1.54, 1.807) is 14.7 Å². The van der Waals surface area contributed by atoms with Gasteiger partial charge < -0.3 is 39.6 Å². The Hall–Kier alpha value is -4.11. The number of nitrogens with zero attached hydrogens (tertiary/aromatic N) is 3. The van der Waals surface area contributed by atoms with Crippen molar-refractivity contribution in [3.8, 4) is 5.75 Å². The van der Waals surface area contributed by atoms with E-state index in [1.807, 2.05) is 93.7 Å². The van der Waals surface area contributed by atoms with Gasteiger partial charge >= 0.3 is 0 Å². The standard InChI is InChI=1S/C43H56N4O8Si/c1-5-54-33-17-18-36-30(23-33)24-35(44-19-8-9-21-48)41(51)47(36)31-13-10-12-29(22-31)26-46-37-16-7-6-15-34(37)43(42(46)52)28(2)40(56(3,4)53)38(55-43)25-39(50)45-20-11-14-32(45)27-49/h6-7,10,12-13,15-18,22-23,28,32,35,38,40,44,48-49,53H,5,8-9,11,14,19-21,24-27H2,1-4H3/t28-,32+,35?,38+,40-,43+/m1/s1. The van der Waals surface area contributed by atoms with Gasteiger partial charge in [0.1, 0.15) is 5.75 Å². The first-order chi connectivity index (χ1) is 26.9. The van der Waals surface area contributed by atoms with Gasteiger partial charge in [0.05, 0.1) is 55.7 Å². The van der Waals surface area contributed by atoms with Crippen molar-refractivity contribution in [2.75, 3.05) is 42.7 Å². The first kappa shape index (κ1) is 40.1. The molecule has 4 aliphatic rings. The number of fused-ring (bicyclic) bond motifs is 3. The van der Waals surface area contributed by atoms with E-state index in [-0.39, 0.29) is 49.9 Å². The van der Waals surface area contributed by atoms with Gasteiger partial charge in [0, 0.05) is 35.9 Å². The fourth-order valence-electron chi connectivity index (χ4n) is 9.73. The quantitative estimate of drug-likeness (QED) is 0.134. The number of hydrogen-bond donors (Lipinski definition) is 4. The van der Waals surface area contributed by atoms with Gasteiger partial charge in [-0.05, 0) is 106 Å². The Kier molecular flexibility index (Phi) is 11.7. The molecule has 7 rings (SSSR count). The fraction of sp³-hybridized carbons (Fsp3) is 0.512. The van der Waals surface area contributed by atoms with Crippen LogP contribution in [0, 0.1) is 5.92 Å². The molecule has 3 aromatic rings. The SMILES string of the molecule is CCOc1ccc2c(c1)CC(NCCCCO)C(=O)N2c1cccc(CN2C(=O)[C@@]3(O[C@@H](CC(=O)N4CCC[C@H]4CO)[C@H]([Si](C)(C)O)[C@H]3C)c3ccccc32)c1. The third-order valence-corrected chi connectivity index (χ3v) is 14.7. The minimum absolute atomic E-state index is 0.0242. The van der Waals surface area contributed by atoms with Crippen molar-refractivity contribution in [1.82, 2.24) is 10.2 Å². The number of carbonyl (C=O) groups is 3. The average molecular weight is 785 g/mol. The van der Waals surface area contributed by atoms with Crippen molar-refractivity contribution in [2.24, 2.45) is 5.92 Å². The van der Waals surface area contributed by atoms with Crippen LogP contribution in [0.1, 0.15) is 62.6 Å². The van der Waals surface area contributed by atoms with Crippen LogP contribution in [0.5, 0.6) is 5.75 Å². The van der Waals surface area contributed by atoms with Gasteiger partial charge in [0.2, 0.25) is 11.8 Å². The number of anilines is 3. The van der Waals surface area contributed by atoms with Crippen LogP contribution in [0.25, 0.3) is 0 Å². The van der Waals surface area contributed by atoms with Gasteiger partial charge in [0.25, 0.3) is 5.91 Å². The van der Waals surface area contributed by atoms with E-state index in [9.17, 15) is 24.6 Å². The van der Waals surface area contributed by atoms with Crippen molar-refractivity contribution in [2.45, 2.75) is 101 Å². The van der Waals surface area contributed by atoms with Gasteiger partial charge in [-0.1, -0.05) is 37.3 Å². The zero-order chi connectivity index (χ0) is 39.8. The molecule has 4 N–H and O–H groups in total. The normalized spacial score (nSPS) is 26.0. The number of rotatable bonds is 14. The zero-order valence-corrected chi connectivity index (χ0v) is 33.9. The van der Waals surface area contributed by atoms with Crippen molar-refractivity contribution < 1.29 is 38.9 Å². The Morgan fingerprint density at radius 2 is 1.84 bits per heavy atom. The van der Waals surface area contributed by atoms with Crippen LogP contribution in [-0.4, -0.2) is 97.0 Å². The monoisotopic (exact) mass is 784 g/mol. The van der Waals surface area contributed by atoms with E-state index < -0.39 is 37.5 Å². The molecule has 0 saturated carbocycles. The number of carbonyl (C=O) groups excluding carboxylic acids is 3. The Morgan fingerprint density at radius 3 is 2.59 bits per heavy atom. The van der Waals surface area contributed by atoms with Gasteiger partial charge in [0.15, 0.2) is 13.9 Å². The van der Waals surface area contributed by atoms with Crippen LogP contribution < -0.4 is 19.9 Å². The zero-order valence-electron chi connectivity index (χ0n) is 32.9. The molecule has 4 heterocycles. The number of aliphatic hydroxyl groups excluding tert-OH is 2. The highest BCUT2D eigenvalue weighted by Crippen LogP contribution is 2.60. The van der Waals surface area contributed by atoms with Crippen LogP contribution in [0.15, 0.2) is 66.7 Å². The first-order valence-electron chi connectivity index (χ1n) is 20.2. The molecule has 4 aliphatic heterocycles. The predicted octanol–water partition coefficient (Wildman–Crippen LogP) is 4.75. The number of nitrogens with one attached hydrogen (secondary N) is 1. The molecule has 0 aromatic heterocycles. The van der Waals surface area contributed by atoms with Crippen molar-refractivity contribution in [3.05, 3.63) is 83.4 Å². The summed E-state index contributed by atoms with van der Waals surface area (Å²) in [6.45, 7) is 9.51. The van der Waals surface area contributed by atoms with Gasteiger partial charge in [-0.25, -0.2) is 0 Å². The summed E-state index contributed by atoms with van der Waals surface area (Å²) in [5.74, 6) is -0.131. The average Bonchev–Trinajstić information content (AvgIpc) is 3.84. The van der Waals surface area contributed by atoms with E-state index in [0.717, 1.165) is 47.4 Å². The third kappa shape index (κ3) is 7.29.